The molecule has 140 valence electrons. The molecule has 1 atom stereocenters. The van der Waals surface area contributed by atoms with Crippen LogP contribution in [0.25, 0.3) is 10.2 Å². The zero-order chi connectivity index (χ0) is 19.2. The van der Waals surface area contributed by atoms with Gasteiger partial charge in [-0.25, -0.2) is 4.68 Å². The average molecular weight is 448 g/mol. The third-order valence-corrected chi connectivity index (χ3v) is 6.69. The first kappa shape index (κ1) is 18.5. The van der Waals surface area contributed by atoms with E-state index in [4.69, 9.17) is 4.74 Å². The SMILES string of the molecule is CC[C@@]1(C)Cc2c(sc3nnn(CC(=O)c4ccc(Br)cc4)c(=O)c23)CO1. The molecule has 1 aliphatic rings. The van der Waals surface area contributed by atoms with Crippen molar-refractivity contribution >= 4 is 43.3 Å². The van der Waals surface area contributed by atoms with Gasteiger partial charge in [-0.3, -0.25) is 9.59 Å². The average Bonchev–Trinajstić information content (AvgIpc) is 3.02. The van der Waals surface area contributed by atoms with Crippen molar-refractivity contribution in [1.82, 2.24) is 15.0 Å². The van der Waals surface area contributed by atoms with E-state index < -0.39 is 0 Å². The van der Waals surface area contributed by atoms with Crippen molar-refractivity contribution in [2.24, 2.45) is 0 Å². The summed E-state index contributed by atoms with van der Waals surface area (Å²) >= 11 is 4.80. The number of aromatic nitrogens is 3. The Labute approximate surface area is 168 Å². The molecule has 0 saturated heterocycles. The summed E-state index contributed by atoms with van der Waals surface area (Å²) in [4.78, 5) is 27.2. The van der Waals surface area contributed by atoms with Gasteiger partial charge in [0.05, 0.1) is 17.6 Å². The fraction of sp³-hybridized carbons (Fsp3) is 0.368. The van der Waals surface area contributed by atoms with Crippen LogP contribution in [-0.4, -0.2) is 26.4 Å². The van der Waals surface area contributed by atoms with Gasteiger partial charge in [0.2, 0.25) is 0 Å². The van der Waals surface area contributed by atoms with Crippen molar-refractivity contribution in [2.75, 3.05) is 0 Å². The van der Waals surface area contributed by atoms with Crippen molar-refractivity contribution in [1.29, 1.82) is 0 Å². The molecule has 2 aromatic heterocycles. The molecule has 1 aliphatic heterocycles. The van der Waals surface area contributed by atoms with Gasteiger partial charge in [-0.15, -0.1) is 16.4 Å². The number of rotatable bonds is 4. The van der Waals surface area contributed by atoms with Crippen LogP contribution in [0.4, 0.5) is 0 Å². The second kappa shape index (κ2) is 6.92. The predicted molar refractivity (Wildman–Crippen MR) is 107 cm³/mol. The summed E-state index contributed by atoms with van der Waals surface area (Å²) in [6.07, 6.45) is 1.53. The molecule has 3 aromatic rings. The molecule has 3 heterocycles. The number of benzene rings is 1. The van der Waals surface area contributed by atoms with Gasteiger partial charge in [-0.1, -0.05) is 40.2 Å². The van der Waals surface area contributed by atoms with E-state index in [2.05, 4.69) is 40.1 Å². The van der Waals surface area contributed by atoms with Crippen LogP contribution in [0.3, 0.4) is 0 Å². The van der Waals surface area contributed by atoms with Gasteiger partial charge in [0, 0.05) is 21.3 Å². The number of carbonyl (C=O) groups excluding carboxylic acids is 1. The highest BCUT2D eigenvalue weighted by atomic mass is 79.9. The van der Waals surface area contributed by atoms with Gasteiger partial charge in [-0.05, 0) is 31.0 Å². The van der Waals surface area contributed by atoms with E-state index in [9.17, 15) is 9.59 Å². The molecule has 1 aromatic carbocycles. The first-order chi connectivity index (χ1) is 12.9. The number of hydrogen-bond donors (Lipinski definition) is 0. The number of thiophene rings is 1. The first-order valence-corrected chi connectivity index (χ1v) is 10.3. The van der Waals surface area contributed by atoms with E-state index >= 15 is 0 Å². The first-order valence-electron chi connectivity index (χ1n) is 8.71. The summed E-state index contributed by atoms with van der Waals surface area (Å²) in [5, 5.41) is 8.76. The fourth-order valence-electron chi connectivity index (χ4n) is 3.21. The molecule has 0 fully saturated rings. The molecule has 27 heavy (non-hydrogen) atoms. The third kappa shape index (κ3) is 3.37. The van der Waals surface area contributed by atoms with Crippen molar-refractivity contribution in [3.8, 4) is 0 Å². The molecular weight excluding hydrogens is 430 g/mol. The smallest absolute Gasteiger partial charge is 0.279 e. The van der Waals surface area contributed by atoms with Gasteiger partial charge in [0.25, 0.3) is 5.56 Å². The Kier molecular flexibility index (Phi) is 4.73. The summed E-state index contributed by atoms with van der Waals surface area (Å²) in [6.45, 7) is 4.49. The largest absolute Gasteiger partial charge is 0.369 e. The Morgan fingerprint density at radius 1 is 1.37 bits per heavy atom. The van der Waals surface area contributed by atoms with Crippen LogP contribution in [0.2, 0.25) is 0 Å². The van der Waals surface area contributed by atoms with Gasteiger partial charge in [0.1, 0.15) is 6.54 Å². The fourth-order valence-corrected chi connectivity index (χ4v) is 4.52. The summed E-state index contributed by atoms with van der Waals surface area (Å²) in [6, 6.07) is 7.04. The Morgan fingerprint density at radius 3 is 2.81 bits per heavy atom. The van der Waals surface area contributed by atoms with Crippen LogP contribution in [0, 0.1) is 0 Å². The molecule has 0 aliphatic carbocycles. The zero-order valence-electron chi connectivity index (χ0n) is 15.0. The van der Waals surface area contributed by atoms with E-state index in [0.29, 0.717) is 28.8 Å². The van der Waals surface area contributed by atoms with Gasteiger partial charge >= 0.3 is 0 Å². The minimum absolute atomic E-state index is 0.129. The highest BCUT2D eigenvalue weighted by Gasteiger charge is 2.33. The van der Waals surface area contributed by atoms with Crippen LogP contribution in [0.1, 0.15) is 41.1 Å². The number of halogens is 1. The Balaban J connectivity index is 1.72. The van der Waals surface area contributed by atoms with Crippen molar-refractivity contribution < 1.29 is 9.53 Å². The Morgan fingerprint density at radius 2 is 2.11 bits per heavy atom. The van der Waals surface area contributed by atoms with Gasteiger partial charge < -0.3 is 4.74 Å². The minimum Gasteiger partial charge on any atom is -0.369 e. The van der Waals surface area contributed by atoms with Gasteiger partial charge in [-0.2, -0.15) is 0 Å². The lowest BCUT2D eigenvalue weighted by Gasteiger charge is -2.32. The van der Waals surface area contributed by atoms with Crippen LogP contribution >= 0.6 is 27.3 Å². The maximum atomic E-state index is 13.0. The molecule has 0 bridgehead atoms. The quantitative estimate of drug-likeness (QED) is 0.569. The lowest BCUT2D eigenvalue weighted by atomic mass is 9.90. The van der Waals surface area contributed by atoms with Crippen molar-refractivity contribution in [3.05, 3.63) is 55.1 Å². The minimum atomic E-state index is -0.283. The number of fused-ring (bicyclic) bond motifs is 3. The molecule has 0 N–H and O–H groups in total. The maximum absolute atomic E-state index is 13.0. The molecule has 0 spiro atoms. The standard InChI is InChI=1S/C19H18BrN3O3S/c1-3-19(2)8-13-15(10-26-19)27-17-16(13)18(25)23(22-21-17)9-14(24)11-4-6-12(20)7-5-11/h4-7H,3,8-10H2,1-2H3/t19-/m0/s1. The number of carbonyl (C=O) groups is 1. The predicted octanol–water partition coefficient (Wildman–Crippen LogP) is 3.74. The van der Waals surface area contributed by atoms with Gasteiger partial charge in [0.15, 0.2) is 10.6 Å². The number of nitrogens with zero attached hydrogens (tertiary/aromatic N) is 3. The number of ketones is 1. The third-order valence-electron chi connectivity index (χ3n) is 5.07. The second-order valence-corrected chi connectivity index (χ2v) is 8.93. The van der Waals surface area contributed by atoms with Crippen LogP contribution in [-0.2, 0) is 24.3 Å². The molecule has 8 heteroatoms. The van der Waals surface area contributed by atoms with Crippen LogP contribution < -0.4 is 5.56 Å². The summed E-state index contributed by atoms with van der Waals surface area (Å²) in [5.41, 5.74) is 0.986. The van der Waals surface area contributed by atoms with Crippen LogP contribution in [0.5, 0.6) is 0 Å². The molecule has 6 nitrogen and oxygen atoms in total. The normalized spacial score (nSPS) is 19.2. The molecule has 0 saturated carbocycles. The lowest BCUT2D eigenvalue weighted by molar-refractivity contribution is -0.0543. The maximum Gasteiger partial charge on any atom is 0.279 e. The number of ether oxygens (including phenoxy) is 1. The van der Waals surface area contributed by atoms with E-state index in [1.54, 1.807) is 24.3 Å². The van der Waals surface area contributed by atoms with E-state index in [0.717, 1.165) is 21.3 Å². The molecule has 0 radical (unpaired) electrons. The zero-order valence-corrected chi connectivity index (χ0v) is 17.4. The van der Waals surface area contributed by atoms with E-state index in [1.165, 1.54) is 16.0 Å². The number of hydrogen-bond acceptors (Lipinski definition) is 6. The summed E-state index contributed by atoms with van der Waals surface area (Å²) in [5.74, 6) is -0.177. The highest BCUT2D eigenvalue weighted by Crippen LogP contribution is 2.37. The van der Waals surface area contributed by atoms with E-state index in [1.807, 2.05) is 0 Å². The molecular formula is C19H18BrN3O3S. The monoisotopic (exact) mass is 447 g/mol. The lowest BCUT2D eigenvalue weighted by Crippen LogP contribution is -2.35. The second-order valence-electron chi connectivity index (χ2n) is 6.94. The molecule has 0 unspecified atom stereocenters. The summed E-state index contributed by atoms with van der Waals surface area (Å²) < 4.78 is 8.03. The molecule has 0 amide bonds. The highest BCUT2D eigenvalue weighted by molar-refractivity contribution is 9.10. The van der Waals surface area contributed by atoms with Crippen molar-refractivity contribution in [3.63, 3.8) is 0 Å². The van der Waals surface area contributed by atoms with E-state index in [-0.39, 0.29) is 23.5 Å². The van der Waals surface area contributed by atoms with Crippen molar-refractivity contribution in [2.45, 2.75) is 45.4 Å². The Bertz CT molecular complexity index is 1090. The van der Waals surface area contributed by atoms with Crippen LogP contribution in [0.15, 0.2) is 33.5 Å². The summed E-state index contributed by atoms with van der Waals surface area (Å²) in [7, 11) is 0. The molecule has 4 rings (SSSR count). The topological polar surface area (TPSA) is 74.1 Å². The number of Topliss-reactive ketones (excluding diaryl/α,β-unsaturated/α-hetero) is 1. The Hall–Kier alpha value is -1.90.